The monoisotopic (exact) mass is 286 g/mol. The van der Waals surface area contributed by atoms with Gasteiger partial charge in [0.05, 0.1) is 0 Å². The molecule has 0 spiro atoms. The molecule has 0 radical (unpaired) electrons. The van der Waals surface area contributed by atoms with Gasteiger partial charge in [0, 0.05) is 24.3 Å². The quantitative estimate of drug-likeness (QED) is 0.804. The van der Waals surface area contributed by atoms with E-state index in [1.165, 1.54) is 25.7 Å². The van der Waals surface area contributed by atoms with Gasteiger partial charge >= 0.3 is 0 Å². The van der Waals surface area contributed by atoms with E-state index in [9.17, 15) is 4.79 Å². The second-order valence-corrected chi connectivity index (χ2v) is 6.61. The highest BCUT2D eigenvalue weighted by Gasteiger charge is 2.41. The van der Waals surface area contributed by atoms with Crippen molar-refractivity contribution in [1.82, 2.24) is 5.32 Å². The van der Waals surface area contributed by atoms with E-state index in [1.807, 2.05) is 19.1 Å². The first-order valence-corrected chi connectivity index (χ1v) is 8.31. The molecule has 114 valence electrons. The fourth-order valence-corrected chi connectivity index (χ4v) is 3.31. The molecule has 1 amide bonds. The van der Waals surface area contributed by atoms with Crippen LogP contribution < -0.4 is 10.6 Å². The second-order valence-electron chi connectivity index (χ2n) is 6.61. The first kappa shape index (κ1) is 14.4. The topological polar surface area (TPSA) is 41.1 Å². The predicted octanol–water partition coefficient (Wildman–Crippen LogP) is 3.59. The molecular weight excluding hydrogens is 260 g/mol. The van der Waals surface area contributed by atoms with E-state index in [4.69, 9.17) is 0 Å². The SMILES string of the molecule is CCNc1ccc(C(=O)NCC(C2CC2)C2CC2)c(C)c1. The van der Waals surface area contributed by atoms with Crippen molar-refractivity contribution in [3.63, 3.8) is 0 Å². The van der Waals surface area contributed by atoms with E-state index in [-0.39, 0.29) is 5.91 Å². The molecule has 3 nitrogen and oxygen atoms in total. The maximum atomic E-state index is 12.4. The Labute approximate surface area is 127 Å². The van der Waals surface area contributed by atoms with Crippen LogP contribution in [0.2, 0.25) is 0 Å². The summed E-state index contributed by atoms with van der Waals surface area (Å²) in [6.45, 7) is 5.85. The molecule has 2 fully saturated rings. The van der Waals surface area contributed by atoms with Crippen LogP contribution in [0.5, 0.6) is 0 Å². The smallest absolute Gasteiger partial charge is 0.251 e. The zero-order valence-corrected chi connectivity index (χ0v) is 13.1. The summed E-state index contributed by atoms with van der Waals surface area (Å²) < 4.78 is 0. The maximum absolute atomic E-state index is 12.4. The highest BCUT2D eigenvalue weighted by molar-refractivity contribution is 5.96. The average Bonchev–Trinajstić information content (AvgIpc) is 3.33. The number of rotatable bonds is 7. The first-order chi connectivity index (χ1) is 10.2. The fraction of sp³-hybridized carbons (Fsp3) is 0.611. The Morgan fingerprint density at radius 3 is 2.43 bits per heavy atom. The van der Waals surface area contributed by atoms with E-state index in [0.29, 0.717) is 0 Å². The van der Waals surface area contributed by atoms with Crippen LogP contribution in [0.1, 0.15) is 48.5 Å². The third kappa shape index (κ3) is 3.58. The molecule has 3 heteroatoms. The molecule has 2 aliphatic carbocycles. The van der Waals surface area contributed by atoms with Gasteiger partial charge in [-0.25, -0.2) is 0 Å². The van der Waals surface area contributed by atoms with Crippen LogP contribution in [0.25, 0.3) is 0 Å². The minimum atomic E-state index is 0.0850. The van der Waals surface area contributed by atoms with Crippen LogP contribution >= 0.6 is 0 Å². The average molecular weight is 286 g/mol. The molecule has 2 N–H and O–H groups in total. The Bertz CT molecular complexity index is 506. The number of aryl methyl sites for hydroxylation is 1. The summed E-state index contributed by atoms with van der Waals surface area (Å²) in [5.41, 5.74) is 2.93. The number of carbonyl (C=O) groups is 1. The number of anilines is 1. The number of nitrogens with one attached hydrogen (secondary N) is 2. The van der Waals surface area contributed by atoms with Crippen molar-refractivity contribution in [2.45, 2.75) is 39.5 Å². The lowest BCUT2D eigenvalue weighted by Crippen LogP contribution is -2.31. The molecule has 0 unspecified atom stereocenters. The minimum absolute atomic E-state index is 0.0850. The van der Waals surface area contributed by atoms with E-state index < -0.39 is 0 Å². The van der Waals surface area contributed by atoms with Gasteiger partial charge in [-0.05, 0) is 81.0 Å². The summed E-state index contributed by atoms with van der Waals surface area (Å²) in [6.07, 6.45) is 5.47. The number of hydrogen-bond acceptors (Lipinski definition) is 2. The zero-order chi connectivity index (χ0) is 14.8. The van der Waals surface area contributed by atoms with Crippen molar-refractivity contribution >= 4 is 11.6 Å². The van der Waals surface area contributed by atoms with E-state index in [1.54, 1.807) is 0 Å². The zero-order valence-electron chi connectivity index (χ0n) is 13.1. The second kappa shape index (κ2) is 6.08. The van der Waals surface area contributed by atoms with Crippen molar-refractivity contribution in [3.8, 4) is 0 Å². The van der Waals surface area contributed by atoms with Gasteiger partial charge in [0.15, 0.2) is 0 Å². The van der Waals surface area contributed by atoms with Gasteiger partial charge in [-0.2, -0.15) is 0 Å². The van der Waals surface area contributed by atoms with Crippen LogP contribution in [0.4, 0.5) is 5.69 Å². The van der Waals surface area contributed by atoms with Gasteiger partial charge in [-0.15, -0.1) is 0 Å². The maximum Gasteiger partial charge on any atom is 0.251 e. The van der Waals surface area contributed by atoms with Gasteiger partial charge in [0.25, 0.3) is 5.91 Å². The lowest BCUT2D eigenvalue weighted by atomic mass is 9.97. The number of amides is 1. The summed E-state index contributed by atoms with van der Waals surface area (Å²) in [4.78, 5) is 12.4. The van der Waals surface area contributed by atoms with Crippen molar-refractivity contribution in [2.75, 3.05) is 18.4 Å². The van der Waals surface area contributed by atoms with Crippen LogP contribution in [-0.4, -0.2) is 19.0 Å². The minimum Gasteiger partial charge on any atom is -0.385 e. The fourth-order valence-electron chi connectivity index (χ4n) is 3.31. The van der Waals surface area contributed by atoms with E-state index in [0.717, 1.165) is 47.7 Å². The summed E-state index contributed by atoms with van der Waals surface area (Å²) >= 11 is 0. The molecule has 21 heavy (non-hydrogen) atoms. The van der Waals surface area contributed by atoms with Gasteiger partial charge in [-0.3, -0.25) is 4.79 Å². The molecule has 2 saturated carbocycles. The van der Waals surface area contributed by atoms with Crippen molar-refractivity contribution < 1.29 is 4.79 Å². The first-order valence-electron chi connectivity index (χ1n) is 8.31. The summed E-state index contributed by atoms with van der Waals surface area (Å²) in [5, 5.41) is 6.45. The van der Waals surface area contributed by atoms with E-state index in [2.05, 4.69) is 23.6 Å². The van der Waals surface area contributed by atoms with Crippen LogP contribution in [0.15, 0.2) is 18.2 Å². The molecule has 0 bridgehead atoms. The summed E-state index contributed by atoms with van der Waals surface area (Å²) in [5.74, 6) is 2.59. The molecule has 2 aliphatic rings. The molecule has 1 aromatic rings. The summed E-state index contributed by atoms with van der Waals surface area (Å²) in [6, 6.07) is 5.98. The molecular formula is C18H26N2O. The normalized spacial score (nSPS) is 17.9. The Morgan fingerprint density at radius 1 is 1.24 bits per heavy atom. The Balaban J connectivity index is 1.59. The Kier molecular flexibility index (Phi) is 4.18. The molecule has 0 aromatic heterocycles. The number of benzene rings is 1. The van der Waals surface area contributed by atoms with Gasteiger partial charge in [0.2, 0.25) is 0 Å². The highest BCUT2D eigenvalue weighted by atomic mass is 16.1. The lowest BCUT2D eigenvalue weighted by Gasteiger charge is -2.17. The van der Waals surface area contributed by atoms with Crippen LogP contribution in [0, 0.1) is 24.7 Å². The highest BCUT2D eigenvalue weighted by Crippen LogP contribution is 2.48. The van der Waals surface area contributed by atoms with Gasteiger partial charge in [0.1, 0.15) is 0 Å². The van der Waals surface area contributed by atoms with Crippen molar-refractivity contribution in [3.05, 3.63) is 29.3 Å². The molecule has 0 heterocycles. The van der Waals surface area contributed by atoms with Crippen LogP contribution in [-0.2, 0) is 0 Å². The summed E-state index contributed by atoms with van der Waals surface area (Å²) in [7, 11) is 0. The standard InChI is InChI=1S/C18H26N2O/c1-3-19-15-8-9-16(12(2)10-15)18(21)20-11-17(13-4-5-13)14-6-7-14/h8-10,13-14,17,19H,3-7,11H2,1-2H3,(H,20,21). The molecule has 3 rings (SSSR count). The number of carbonyl (C=O) groups excluding carboxylic acids is 1. The Morgan fingerprint density at radius 2 is 1.90 bits per heavy atom. The third-order valence-corrected chi connectivity index (χ3v) is 4.81. The number of hydrogen-bond donors (Lipinski definition) is 2. The molecule has 0 atom stereocenters. The Hall–Kier alpha value is -1.51. The van der Waals surface area contributed by atoms with E-state index >= 15 is 0 Å². The van der Waals surface area contributed by atoms with Crippen molar-refractivity contribution in [2.24, 2.45) is 17.8 Å². The molecule has 0 aliphatic heterocycles. The van der Waals surface area contributed by atoms with Crippen molar-refractivity contribution in [1.29, 1.82) is 0 Å². The lowest BCUT2D eigenvalue weighted by molar-refractivity contribution is 0.0943. The largest absolute Gasteiger partial charge is 0.385 e. The van der Waals surface area contributed by atoms with Gasteiger partial charge < -0.3 is 10.6 Å². The van der Waals surface area contributed by atoms with Crippen LogP contribution in [0.3, 0.4) is 0 Å². The third-order valence-electron chi connectivity index (χ3n) is 4.81. The van der Waals surface area contributed by atoms with Gasteiger partial charge in [-0.1, -0.05) is 0 Å². The molecule has 0 saturated heterocycles. The molecule has 1 aromatic carbocycles. The predicted molar refractivity (Wildman–Crippen MR) is 86.6 cm³/mol.